The number of hydrogen-bond donors (Lipinski definition) is 1. The molecule has 2 rings (SSSR count). The molecule has 0 aliphatic heterocycles. The highest BCUT2D eigenvalue weighted by Crippen LogP contribution is 2.23. The van der Waals surface area contributed by atoms with Crippen LogP contribution in [-0.4, -0.2) is 28.4 Å². The van der Waals surface area contributed by atoms with Gasteiger partial charge in [-0.3, -0.25) is 9.00 Å². The number of methoxy groups -OCH3 is 1. The van der Waals surface area contributed by atoms with E-state index in [0.717, 1.165) is 0 Å². The summed E-state index contributed by atoms with van der Waals surface area (Å²) in [4.78, 5) is 23.0. The predicted molar refractivity (Wildman–Crippen MR) is 86.4 cm³/mol. The summed E-state index contributed by atoms with van der Waals surface area (Å²) >= 11 is 0. The lowest BCUT2D eigenvalue weighted by Crippen LogP contribution is -2.18. The van der Waals surface area contributed by atoms with E-state index in [0.29, 0.717) is 16.7 Å². The quantitative estimate of drug-likeness (QED) is 0.822. The maximum Gasteiger partial charge on any atom is 0.337 e. The van der Waals surface area contributed by atoms with Crippen LogP contribution in [0.3, 0.4) is 0 Å². The summed E-state index contributed by atoms with van der Waals surface area (Å²) in [7, 11) is -0.384. The van der Waals surface area contributed by atoms with Crippen LogP contribution in [0, 0.1) is 0 Å². The van der Waals surface area contributed by atoms with E-state index < -0.39 is 28.0 Å². The summed E-state index contributed by atoms with van der Waals surface area (Å²) in [5, 5.41) is 8.28. The van der Waals surface area contributed by atoms with Crippen molar-refractivity contribution in [1.29, 1.82) is 0 Å². The van der Waals surface area contributed by atoms with E-state index in [-0.39, 0.29) is 5.75 Å². The van der Waals surface area contributed by atoms with Gasteiger partial charge in [0.15, 0.2) is 5.25 Å². The third-order valence-corrected chi connectivity index (χ3v) is 4.86. The van der Waals surface area contributed by atoms with E-state index in [1.807, 2.05) is 0 Å². The topological polar surface area (TPSA) is 80.7 Å². The van der Waals surface area contributed by atoms with Crippen LogP contribution < -0.4 is 0 Å². The van der Waals surface area contributed by atoms with Crippen molar-refractivity contribution in [2.45, 2.75) is 11.0 Å². The molecule has 0 heterocycles. The summed E-state index contributed by atoms with van der Waals surface area (Å²) in [5.41, 5.74) is 1.45. The molecule has 0 radical (unpaired) electrons. The van der Waals surface area contributed by atoms with Crippen LogP contribution in [0.5, 0.6) is 0 Å². The first-order valence-electron chi connectivity index (χ1n) is 6.85. The molecule has 0 aliphatic rings. The Kier molecular flexibility index (Phi) is 5.65. The fourth-order valence-electron chi connectivity index (χ4n) is 2.19. The molecular weight excluding hydrogens is 316 g/mol. The van der Waals surface area contributed by atoms with E-state index in [9.17, 15) is 18.9 Å². The molecule has 0 saturated heterocycles. The molecule has 0 amide bonds. The van der Waals surface area contributed by atoms with Gasteiger partial charge in [-0.15, -0.1) is 0 Å². The van der Waals surface area contributed by atoms with E-state index >= 15 is 0 Å². The highest BCUT2D eigenvalue weighted by atomic mass is 32.2. The maximum atomic E-state index is 12.5. The molecule has 0 aliphatic carbocycles. The second kappa shape index (κ2) is 7.69. The average molecular weight is 332 g/mol. The van der Waals surface area contributed by atoms with Crippen molar-refractivity contribution in [3.63, 3.8) is 0 Å². The number of carbonyl (C=O) groups is 2. The maximum absolute atomic E-state index is 12.5. The number of rotatable bonds is 6. The van der Waals surface area contributed by atoms with Gasteiger partial charge >= 0.3 is 11.9 Å². The Morgan fingerprint density at radius 1 is 1.13 bits per heavy atom. The van der Waals surface area contributed by atoms with E-state index in [1.165, 1.54) is 7.11 Å². The Labute approximate surface area is 136 Å². The van der Waals surface area contributed by atoms with Crippen LogP contribution in [0.2, 0.25) is 0 Å². The smallest absolute Gasteiger partial charge is 0.337 e. The molecule has 0 aromatic heterocycles. The standard InChI is InChI=1S/C17H16O5S/c1-22-17(20)14-9-5-6-12(10-14)11-23(21)15(16(18)19)13-7-3-2-4-8-13/h2-10,15H,11H2,1H3,(H,18,19). The minimum atomic E-state index is -1.66. The van der Waals surface area contributed by atoms with Gasteiger partial charge in [0, 0.05) is 16.6 Å². The fraction of sp³-hybridized carbons (Fsp3) is 0.176. The van der Waals surface area contributed by atoms with Crippen molar-refractivity contribution in [3.05, 3.63) is 71.3 Å². The van der Waals surface area contributed by atoms with Gasteiger partial charge in [-0.05, 0) is 23.3 Å². The zero-order valence-corrected chi connectivity index (χ0v) is 13.3. The number of carboxylic acid groups (broad SMARTS) is 1. The zero-order chi connectivity index (χ0) is 16.8. The minimum Gasteiger partial charge on any atom is -0.480 e. The number of benzene rings is 2. The summed E-state index contributed by atoms with van der Waals surface area (Å²) in [5.74, 6) is -1.59. The number of carbonyl (C=O) groups excluding carboxylic acids is 1. The third-order valence-electron chi connectivity index (χ3n) is 3.25. The number of carboxylic acids is 1. The Morgan fingerprint density at radius 3 is 2.43 bits per heavy atom. The first-order chi connectivity index (χ1) is 11.0. The van der Waals surface area contributed by atoms with Gasteiger partial charge in [-0.25, -0.2) is 4.79 Å². The van der Waals surface area contributed by atoms with E-state index in [2.05, 4.69) is 4.74 Å². The number of ether oxygens (including phenoxy) is 1. The molecule has 2 atom stereocenters. The van der Waals surface area contributed by atoms with Crippen LogP contribution in [0.15, 0.2) is 54.6 Å². The summed E-state index contributed by atoms with van der Waals surface area (Å²) in [6.45, 7) is 0. The second-order valence-corrected chi connectivity index (χ2v) is 6.37. The van der Waals surface area contributed by atoms with Gasteiger partial charge in [-0.2, -0.15) is 0 Å². The second-order valence-electron chi connectivity index (χ2n) is 4.85. The molecule has 2 aromatic rings. The van der Waals surface area contributed by atoms with E-state index in [4.69, 9.17) is 0 Å². The molecular formula is C17H16O5S. The molecule has 2 unspecified atom stereocenters. The Hall–Kier alpha value is -2.47. The molecule has 0 bridgehead atoms. The lowest BCUT2D eigenvalue weighted by molar-refractivity contribution is -0.136. The number of aliphatic carboxylic acids is 1. The van der Waals surface area contributed by atoms with Crippen LogP contribution in [0.1, 0.15) is 26.7 Å². The highest BCUT2D eigenvalue weighted by molar-refractivity contribution is 7.85. The van der Waals surface area contributed by atoms with E-state index in [1.54, 1.807) is 54.6 Å². The van der Waals surface area contributed by atoms with Crippen molar-refractivity contribution >= 4 is 22.7 Å². The lowest BCUT2D eigenvalue weighted by atomic mass is 10.1. The lowest BCUT2D eigenvalue weighted by Gasteiger charge is -2.13. The normalized spacial score (nSPS) is 13.1. The van der Waals surface area contributed by atoms with Crippen LogP contribution in [0.25, 0.3) is 0 Å². The average Bonchev–Trinajstić information content (AvgIpc) is 2.55. The number of hydrogen-bond acceptors (Lipinski definition) is 4. The molecule has 1 N–H and O–H groups in total. The third kappa shape index (κ3) is 4.26. The van der Waals surface area contributed by atoms with Crippen molar-refractivity contribution in [2.75, 3.05) is 7.11 Å². The van der Waals surface area contributed by atoms with Crippen molar-refractivity contribution in [1.82, 2.24) is 0 Å². The highest BCUT2D eigenvalue weighted by Gasteiger charge is 2.26. The van der Waals surface area contributed by atoms with Gasteiger partial charge in [0.05, 0.1) is 12.7 Å². The monoisotopic (exact) mass is 332 g/mol. The molecule has 2 aromatic carbocycles. The number of esters is 1. The van der Waals surface area contributed by atoms with Gasteiger partial charge in [-0.1, -0.05) is 42.5 Å². The molecule has 23 heavy (non-hydrogen) atoms. The van der Waals surface area contributed by atoms with Crippen LogP contribution >= 0.6 is 0 Å². The van der Waals surface area contributed by atoms with Crippen molar-refractivity contribution < 1.29 is 23.6 Å². The van der Waals surface area contributed by atoms with Crippen LogP contribution in [-0.2, 0) is 26.1 Å². The van der Waals surface area contributed by atoms with Gasteiger partial charge in [0.1, 0.15) is 0 Å². The zero-order valence-electron chi connectivity index (χ0n) is 12.5. The molecule has 0 fully saturated rings. The van der Waals surface area contributed by atoms with Crippen molar-refractivity contribution in [2.24, 2.45) is 0 Å². The summed E-state index contributed by atoms with van der Waals surface area (Å²) < 4.78 is 17.2. The molecule has 6 heteroatoms. The predicted octanol–water partition coefficient (Wildman–Crippen LogP) is 2.55. The molecule has 5 nitrogen and oxygen atoms in total. The largest absolute Gasteiger partial charge is 0.480 e. The Morgan fingerprint density at radius 2 is 1.83 bits per heavy atom. The van der Waals surface area contributed by atoms with Gasteiger partial charge in [0.25, 0.3) is 0 Å². The molecule has 0 spiro atoms. The minimum absolute atomic E-state index is 0.0384. The van der Waals surface area contributed by atoms with Gasteiger partial charge in [0.2, 0.25) is 0 Å². The van der Waals surface area contributed by atoms with Crippen LogP contribution in [0.4, 0.5) is 0 Å². The van der Waals surface area contributed by atoms with Gasteiger partial charge < -0.3 is 9.84 Å². The molecule has 120 valence electrons. The van der Waals surface area contributed by atoms with Crippen molar-refractivity contribution in [3.8, 4) is 0 Å². The first kappa shape index (κ1) is 16.9. The Bertz CT molecular complexity index is 727. The summed E-state index contributed by atoms with van der Waals surface area (Å²) in [6, 6.07) is 15.0. The first-order valence-corrected chi connectivity index (χ1v) is 8.23. The fourth-order valence-corrected chi connectivity index (χ4v) is 3.55. The molecule has 0 saturated carbocycles. The summed E-state index contributed by atoms with van der Waals surface area (Å²) in [6.07, 6.45) is 0. The Balaban J connectivity index is 2.23. The SMILES string of the molecule is COC(=O)c1cccc(CS(=O)C(C(=O)O)c2ccccc2)c1.